The molecule has 2 aromatic rings. The lowest BCUT2D eigenvalue weighted by molar-refractivity contribution is -0.121. The zero-order chi connectivity index (χ0) is 13.7. The van der Waals surface area contributed by atoms with Gasteiger partial charge < -0.3 is 4.74 Å². The van der Waals surface area contributed by atoms with E-state index in [1.807, 2.05) is 7.11 Å². The Morgan fingerprint density at radius 2 is 1.80 bits per heavy atom. The Kier molecular flexibility index (Phi) is 2.53. The Labute approximate surface area is 120 Å². The number of methoxy groups -OCH3 is 1. The molecule has 4 rings (SSSR count). The normalized spacial score (nSPS) is 27.2. The number of hydrogen-bond acceptors (Lipinski definition) is 2. The summed E-state index contributed by atoms with van der Waals surface area (Å²) < 4.78 is 6.15. The lowest BCUT2D eigenvalue weighted by Gasteiger charge is -2.44. The van der Waals surface area contributed by atoms with Crippen LogP contribution in [0, 0.1) is 0 Å². The molecule has 20 heavy (non-hydrogen) atoms. The van der Waals surface area contributed by atoms with Gasteiger partial charge in [-0.25, -0.2) is 0 Å². The van der Waals surface area contributed by atoms with Crippen molar-refractivity contribution in [3.8, 4) is 0 Å². The molecule has 0 amide bonds. The zero-order valence-corrected chi connectivity index (χ0v) is 12.0. The van der Waals surface area contributed by atoms with Gasteiger partial charge in [-0.15, -0.1) is 0 Å². The Morgan fingerprint density at radius 3 is 2.55 bits per heavy atom. The topological polar surface area (TPSA) is 12.5 Å². The van der Waals surface area contributed by atoms with E-state index in [9.17, 15) is 0 Å². The fourth-order valence-electron chi connectivity index (χ4n) is 4.18. The van der Waals surface area contributed by atoms with Gasteiger partial charge in [-0.3, -0.25) is 4.90 Å². The Morgan fingerprint density at radius 1 is 1.10 bits per heavy atom. The van der Waals surface area contributed by atoms with Gasteiger partial charge >= 0.3 is 0 Å². The molecule has 2 nitrogen and oxygen atoms in total. The standard InChI is InChI=1S/C18H19NO/c1-3-19-17-12-13-8-4-6-10-15(13)18(19,20-2)16-11-7-5-9-14(16)17/h4-11,17H,3,12H2,1-2H3/t17-,18-/m0/s1. The van der Waals surface area contributed by atoms with E-state index in [0.29, 0.717) is 6.04 Å². The van der Waals surface area contributed by atoms with Crippen LogP contribution in [0.5, 0.6) is 0 Å². The highest BCUT2D eigenvalue weighted by molar-refractivity contribution is 5.53. The first kappa shape index (κ1) is 12.1. The largest absolute Gasteiger partial charge is 0.355 e. The predicted octanol–water partition coefficient (Wildman–Crippen LogP) is 3.47. The smallest absolute Gasteiger partial charge is 0.174 e. The highest BCUT2D eigenvalue weighted by atomic mass is 16.5. The van der Waals surface area contributed by atoms with Crippen molar-refractivity contribution in [2.24, 2.45) is 0 Å². The van der Waals surface area contributed by atoms with Gasteiger partial charge in [0.2, 0.25) is 0 Å². The molecule has 2 aliphatic heterocycles. The highest BCUT2D eigenvalue weighted by Crippen LogP contribution is 2.55. The van der Waals surface area contributed by atoms with Crippen molar-refractivity contribution in [1.82, 2.24) is 4.90 Å². The highest BCUT2D eigenvalue weighted by Gasteiger charge is 2.54. The third kappa shape index (κ3) is 1.26. The molecule has 2 heteroatoms. The minimum Gasteiger partial charge on any atom is -0.355 e. The summed E-state index contributed by atoms with van der Waals surface area (Å²) in [7, 11) is 1.84. The fourth-order valence-corrected chi connectivity index (χ4v) is 4.18. The van der Waals surface area contributed by atoms with Gasteiger partial charge in [0.1, 0.15) is 0 Å². The van der Waals surface area contributed by atoms with Gasteiger partial charge in [0.25, 0.3) is 0 Å². The summed E-state index contributed by atoms with van der Waals surface area (Å²) in [5, 5.41) is 0. The van der Waals surface area contributed by atoms with Gasteiger partial charge in [-0.05, 0) is 24.1 Å². The van der Waals surface area contributed by atoms with E-state index in [2.05, 4.69) is 60.4 Å². The molecule has 0 saturated carbocycles. The maximum Gasteiger partial charge on any atom is 0.174 e. The molecule has 0 aliphatic carbocycles. The first-order valence-electron chi connectivity index (χ1n) is 7.32. The van der Waals surface area contributed by atoms with Gasteiger partial charge in [0.05, 0.1) is 0 Å². The van der Waals surface area contributed by atoms with Gasteiger partial charge in [-0.1, -0.05) is 55.5 Å². The fraction of sp³-hybridized carbons (Fsp3) is 0.333. The van der Waals surface area contributed by atoms with Gasteiger partial charge in [0, 0.05) is 24.3 Å². The maximum absolute atomic E-state index is 6.15. The molecule has 0 N–H and O–H groups in total. The first-order valence-corrected chi connectivity index (χ1v) is 7.32. The number of benzene rings is 2. The SMILES string of the molecule is CCN1[C@H]2Cc3ccccc3[C@]1(OC)c1ccccc12. The van der Waals surface area contributed by atoms with Crippen LogP contribution in [0.1, 0.15) is 35.2 Å². The van der Waals surface area contributed by atoms with Crippen LogP contribution in [0.3, 0.4) is 0 Å². The Balaban J connectivity index is 2.07. The van der Waals surface area contributed by atoms with E-state index in [-0.39, 0.29) is 0 Å². The van der Waals surface area contributed by atoms with Crippen LogP contribution in [0.25, 0.3) is 0 Å². The summed E-state index contributed by atoms with van der Waals surface area (Å²) in [6.45, 7) is 3.21. The molecule has 0 unspecified atom stereocenters. The van der Waals surface area contributed by atoms with Crippen molar-refractivity contribution in [3.63, 3.8) is 0 Å². The molecule has 2 aliphatic rings. The molecular weight excluding hydrogens is 246 g/mol. The second-order valence-electron chi connectivity index (χ2n) is 5.60. The molecule has 102 valence electrons. The molecule has 0 aromatic heterocycles. The summed E-state index contributed by atoms with van der Waals surface area (Å²) in [6.07, 6.45) is 1.08. The second-order valence-corrected chi connectivity index (χ2v) is 5.60. The summed E-state index contributed by atoms with van der Waals surface area (Å²) in [5.74, 6) is 0. The predicted molar refractivity (Wildman–Crippen MR) is 79.5 cm³/mol. The first-order chi connectivity index (χ1) is 9.82. The number of nitrogens with zero attached hydrogens (tertiary/aromatic N) is 1. The number of rotatable bonds is 2. The van der Waals surface area contributed by atoms with Crippen LogP contribution in [-0.2, 0) is 16.9 Å². The molecule has 0 saturated heterocycles. The summed E-state index contributed by atoms with van der Waals surface area (Å²) in [6, 6.07) is 17.9. The van der Waals surface area contributed by atoms with Crippen LogP contribution in [0.4, 0.5) is 0 Å². The van der Waals surface area contributed by atoms with E-state index >= 15 is 0 Å². The van der Waals surface area contributed by atoms with E-state index in [4.69, 9.17) is 4.74 Å². The number of hydrogen-bond donors (Lipinski definition) is 0. The lowest BCUT2D eigenvalue weighted by Crippen LogP contribution is -2.48. The third-order valence-electron chi connectivity index (χ3n) is 4.90. The monoisotopic (exact) mass is 265 g/mol. The van der Waals surface area contributed by atoms with Crippen LogP contribution in [-0.4, -0.2) is 18.6 Å². The second kappa shape index (κ2) is 4.18. The summed E-state index contributed by atoms with van der Waals surface area (Å²) in [5.41, 5.74) is 5.07. The zero-order valence-electron chi connectivity index (χ0n) is 12.0. The van der Waals surface area contributed by atoms with E-state index < -0.39 is 5.72 Å². The van der Waals surface area contributed by atoms with Crippen molar-refractivity contribution < 1.29 is 4.74 Å². The van der Waals surface area contributed by atoms with Crippen molar-refractivity contribution in [2.45, 2.75) is 25.1 Å². The summed E-state index contributed by atoms with van der Waals surface area (Å²) >= 11 is 0. The molecule has 2 heterocycles. The number of fused-ring (bicyclic) bond motifs is 7. The van der Waals surface area contributed by atoms with Crippen molar-refractivity contribution in [3.05, 3.63) is 70.8 Å². The maximum atomic E-state index is 6.15. The molecule has 2 bridgehead atoms. The average molecular weight is 265 g/mol. The molecule has 0 fully saturated rings. The Hall–Kier alpha value is -1.64. The lowest BCUT2D eigenvalue weighted by atomic mass is 9.88. The number of ether oxygens (including phenoxy) is 1. The van der Waals surface area contributed by atoms with E-state index in [0.717, 1.165) is 13.0 Å². The quantitative estimate of drug-likeness (QED) is 0.824. The molecule has 2 atom stereocenters. The van der Waals surface area contributed by atoms with Crippen LogP contribution < -0.4 is 0 Å². The van der Waals surface area contributed by atoms with Gasteiger partial charge in [-0.2, -0.15) is 0 Å². The third-order valence-corrected chi connectivity index (χ3v) is 4.90. The number of likely N-dealkylation sites (N-methyl/N-ethyl adjacent to an activating group) is 1. The van der Waals surface area contributed by atoms with Crippen molar-refractivity contribution >= 4 is 0 Å². The molecule has 2 aromatic carbocycles. The van der Waals surface area contributed by atoms with E-state index in [1.54, 1.807) is 0 Å². The molecule has 0 radical (unpaired) electrons. The minimum absolute atomic E-state index is 0.398. The summed E-state index contributed by atoms with van der Waals surface area (Å²) in [4.78, 5) is 2.50. The van der Waals surface area contributed by atoms with E-state index in [1.165, 1.54) is 22.3 Å². The minimum atomic E-state index is -0.398. The average Bonchev–Trinajstić information content (AvgIpc) is 2.72. The van der Waals surface area contributed by atoms with Crippen LogP contribution in [0.2, 0.25) is 0 Å². The Bertz CT molecular complexity index is 653. The van der Waals surface area contributed by atoms with Crippen LogP contribution >= 0.6 is 0 Å². The van der Waals surface area contributed by atoms with Crippen molar-refractivity contribution in [2.75, 3.05) is 13.7 Å². The van der Waals surface area contributed by atoms with Crippen molar-refractivity contribution in [1.29, 1.82) is 0 Å². The molecular formula is C18H19NO. The van der Waals surface area contributed by atoms with Crippen LogP contribution in [0.15, 0.2) is 48.5 Å². The van der Waals surface area contributed by atoms with Gasteiger partial charge in [0.15, 0.2) is 5.72 Å². The molecule has 0 spiro atoms.